The summed E-state index contributed by atoms with van der Waals surface area (Å²) in [7, 11) is 0. The number of aryl methyl sites for hydroxylation is 2. The highest BCUT2D eigenvalue weighted by Crippen LogP contribution is 2.24. The Balaban J connectivity index is 1.30. The third-order valence-electron chi connectivity index (χ3n) is 5.14. The molecule has 0 aliphatic rings. The maximum Gasteiger partial charge on any atom is 0.573 e. The Bertz CT molecular complexity index is 1340. The summed E-state index contributed by atoms with van der Waals surface area (Å²) in [5.41, 5.74) is 5.48. The summed E-state index contributed by atoms with van der Waals surface area (Å²) in [6.45, 7) is 4.50. The van der Waals surface area contributed by atoms with E-state index in [1.54, 1.807) is 0 Å². The quantitative estimate of drug-likeness (QED) is 0.213. The number of hydrogen-bond acceptors (Lipinski definition) is 5. The molecule has 186 valence electrons. The van der Waals surface area contributed by atoms with Gasteiger partial charge in [0.25, 0.3) is 0 Å². The van der Waals surface area contributed by atoms with Crippen LogP contribution >= 0.6 is 12.2 Å². The lowest BCUT2D eigenvalue weighted by atomic mass is 10.1. The summed E-state index contributed by atoms with van der Waals surface area (Å²) in [5, 5.41) is 14.5. The predicted octanol–water partition coefficient (Wildman–Crippen LogP) is 5.81. The van der Waals surface area contributed by atoms with E-state index in [1.165, 1.54) is 40.8 Å². The normalized spacial score (nSPS) is 11.1. The molecule has 0 aliphatic carbocycles. The fraction of sp³-hybridized carbons (Fsp3) is 0.160. The van der Waals surface area contributed by atoms with E-state index >= 15 is 0 Å². The van der Waals surface area contributed by atoms with E-state index in [9.17, 15) is 13.2 Å². The summed E-state index contributed by atoms with van der Waals surface area (Å²) < 4.78 is 42.3. The topological polar surface area (TPSA) is 76.0 Å². The Hall–Kier alpha value is -4.12. The number of nitrogens with one attached hydrogen (secondary N) is 3. The molecule has 0 spiro atoms. The third-order valence-corrected chi connectivity index (χ3v) is 5.39. The lowest BCUT2D eigenvalue weighted by Gasteiger charge is -2.14. The molecule has 7 nitrogen and oxygen atoms in total. The second-order valence-electron chi connectivity index (χ2n) is 7.93. The van der Waals surface area contributed by atoms with E-state index in [1.807, 2.05) is 50.2 Å². The Morgan fingerprint density at radius 2 is 1.72 bits per heavy atom. The van der Waals surface area contributed by atoms with Crippen LogP contribution in [0.15, 0.2) is 73.1 Å². The lowest BCUT2D eigenvalue weighted by molar-refractivity contribution is -0.274. The molecule has 36 heavy (non-hydrogen) atoms. The van der Waals surface area contributed by atoms with Crippen LogP contribution in [0.25, 0.3) is 17.1 Å². The molecule has 1 heterocycles. The van der Waals surface area contributed by atoms with Crippen molar-refractivity contribution in [3.63, 3.8) is 0 Å². The van der Waals surface area contributed by atoms with Gasteiger partial charge in [-0.15, -0.1) is 18.3 Å². The molecular weight excluding hydrogens is 489 g/mol. The molecule has 3 aromatic carbocycles. The molecule has 3 N–H and O–H groups in total. The van der Waals surface area contributed by atoms with Gasteiger partial charge in [-0.3, -0.25) is 0 Å². The van der Waals surface area contributed by atoms with Crippen molar-refractivity contribution < 1.29 is 17.9 Å². The number of hydrogen-bond donors (Lipinski definition) is 3. The SMILES string of the molecule is Cc1ccc(NC(=S)NCNc2ccc(-c3ncn(-c4ccc(OC(F)(F)F)cc4)n3)cc2)c(C)c1. The molecule has 1 aromatic heterocycles. The molecule has 4 rings (SSSR count). The molecule has 0 atom stereocenters. The van der Waals surface area contributed by atoms with Gasteiger partial charge in [0.2, 0.25) is 0 Å². The highest BCUT2D eigenvalue weighted by atomic mass is 32.1. The number of benzene rings is 3. The van der Waals surface area contributed by atoms with Crippen LogP contribution in [0, 0.1) is 13.8 Å². The molecule has 11 heteroatoms. The smallest absolute Gasteiger partial charge is 0.406 e. The highest BCUT2D eigenvalue weighted by molar-refractivity contribution is 7.80. The molecule has 0 radical (unpaired) electrons. The van der Waals surface area contributed by atoms with Gasteiger partial charge in [0.15, 0.2) is 10.9 Å². The number of thiocarbonyl (C=S) groups is 1. The van der Waals surface area contributed by atoms with Crippen molar-refractivity contribution in [2.24, 2.45) is 0 Å². The van der Waals surface area contributed by atoms with Crippen molar-refractivity contribution in [2.75, 3.05) is 17.3 Å². The second-order valence-corrected chi connectivity index (χ2v) is 8.34. The molecule has 0 saturated carbocycles. The zero-order chi connectivity index (χ0) is 25.7. The van der Waals surface area contributed by atoms with Crippen LogP contribution in [0.2, 0.25) is 0 Å². The Morgan fingerprint density at radius 3 is 2.39 bits per heavy atom. The summed E-state index contributed by atoms with van der Waals surface area (Å²) in [6.07, 6.45) is -3.24. The van der Waals surface area contributed by atoms with Crippen molar-refractivity contribution in [1.29, 1.82) is 0 Å². The molecule has 0 saturated heterocycles. The Labute approximate surface area is 211 Å². The first-order valence-corrected chi connectivity index (χ1v) is 11.3. The van der Waals surface area contributed by atoms with Crippen LogP contribution in [0.4, 0.5) is 24.5 Å². The predicted molar refractivity (Wildman–Crippen MR) is 137 cm³/mol. The van der Waals surface area contributed by atoms with Crippen LogP contribution in [-0.2, 0) is 0 Å². The number of nitrogens with zero attached hydrogens (tertiary/aromatic N) is 3. The largest absolute Gasteiger partial charge is 0.573 e. The molecule has 0 amide bonds. The van der Waals surface area contributed by atoms with Crippen molar-refractivity contribution in [3.05, 3.63) is 84.2 Å². The maximum atomic E-state index is 12.3. The average molecular weight is 513 g/mol. The number of rotatable bonds is 7. The van der Waals surface area contributed by atoms with Crippen molar-refractivity contribution in [2.45, 2.75) is 20.2 Å². The monoisotopic (exact) mass is 512 g/mol. The van der Waals surface area contributed by atoms with Crippen molar-refractivity contribution >= 4 is 28.7 Å². The molecule has 4 aromatic rings. The third kappa shape index (κ3) is 6.72. The first-order chi connectivity index (χ1) is 17.2. The molecular formula is C25H23F3N6OS. The van der Waals surface area contributed by atoms with E-state index in [4.69, 9.17) is 12.2 Å². The van der Waals surface area contributed by atoms with Crippen LogP contribution in [-0.4, -0.2) is 32.9 Å². The maximum absolute atomic E-state index is 12.3. The summed E-state index contributed by atoms with van der Waals surface area (Å²) in [5.74, 6) is 0.181. The van der Waals surface area contributed by atoms with Gasteiger partial charge in [-0.1, -0.05) is 17.7 Å². The zero-order valence-electron chi connectivity index (χ0n) is 19.4. The fourth-order valence-corrected chi connectivity index (χ4v) is 3.59. The first kappa shape index (κ1) is 25.0. The van der Waals surface area contributed by atoms with Crippen molar-refractivity contribution in [3.8, 4) is 22.8 Å². The zero-order valence-corrected chi connectivity index (χ0v) is 20.2. The Morgan fingerprint density at radius 1 is 1.00 bits per heavy atom. The first-order valence-electron chi connectivity index (χ1n) is 10.9. The molecule has 0 bridgehead atoms. The highest BCUT2D eigenvalue weighted by Gasteiger charge is 2.31. The van der Waals surface area contributed by atoms with E-state index in [2.05, 4.69) is 36.8 Å². The van der Waals surface area contributed by atoms with Crippen molar-refractivity contribution in [1.82, 2.24) is 20.1 Å². The summed E-state index contributed by atoms with van der Waals surface area (Å²) >= 11 is 5.36. The molecule has 0 aliphatic heterocycles. The van der Waals surface area contributed by atoms with Crippen LogP contribution in [0.5, 0.6) is 5.75 Å². The molecule has 0 fully saturated rings. The van der Waals surface area contributed by atoms with Gasteiger partial charge in [-0.25, -0.2) is 9.67 Å². The van der Waals surface area contributed by atoms with Gasteiger partial charge in [-0.05, 0) is 86.2 Å². The molecule has 0 unspecified atom stereocenters. The van der Waals surface area contributed by atoms with Crippen LogP contribution in [0.3, 0.4) is 0 Å². The van der Waals surface area contributed by atoms with E-state index in [0.29, 0.717) is 23.3 Å². The minimum atomic E-state index is -4.73. The standard InChI is InChI=1S/C25H23F3N6OS/c1-16-3-12-22(17(2)13-16)32-24(36)30-14-29-19-6-4-18(5-7-19)23-31-15-34(33-23)20-8-10-21(11-9-20)35-25(26,27)28/h3-13,15,29H,14H2,1-2H3,(H2,30,32,36). The fourth-order valence-electron chi connectivity index (χ4n) is 3.40. The number of halogens is 3. The van der Waals surface area contributed by atoms with Gasteiger partial charge >= 0.3 is 6.36 Å². The second kappa shape index (κ2) is 10.6. The van der Waals surface area contributed by atoms with Gasteiger partial charge < -0.3 is 20.7 Å². The lowest BCUT2D eigenvalue weighted by Crippen LogP contribution is -2.32. The average Bonchev–Trinajstić information content (AvgIpc) is 3.31. The number of ether oxygens (including phenoxy) is 1. The van der Waals surface area contributed by atoms with Gasteiger partial charge in [0.1, 0.15) is 12.1 Å². The van der Waals surface area contributed by atoms with E-state index in [-0.39, 0.29) is 5.75 Å². The number of anilines is 2. The number of alkyl halides is 3. The summed E-state index contributed by atoms with van der Waals surface area (Å²) in [6, 6.07) is 19.0. The summed E-state index contributed by atoms with van der Waals surface area (Å²) in [4.78, 5) is 4.29. The van der Waals surface area contributed by atoms with Crippen LogP contribution in [0.1, 0.15) is 11.1 Å². The van der Waals surface area contributed by atoms with Crippen LogP contribution < -0.4 is 20.7 Å². The van der Waals surface area contributed by atoms with Gasteiger partial charge in [-0.2, -0.15) is 0 Å². The minimum Gasteiger partial charge on any atom is -0.406 e. The van der Waals surface area contributed by atoms with Gasteiger partial charge in [0, 0.05) is 16.9 Å². The van der Waals surface area contributed by atoms with E-state index < -0.39 is 6.36 Å². The number of aromatic nitrogens is 3. The van der Waals surface area contributed by atoms with E-state index in [0.717, 1.165) is 22.5 Å². The Kier molecular flexibility index (Phi) is 7.39. The minimum absolute atomic E-state index is 0.300. The van der Waals surface area contributed by atoms with Gasteiger partial charge in [0.05, 0.1) is 12.4 Å².